The Balaban J connectivity index is 1.49. The minimum absolute atomic E-state index is 0.0282. The minimum Gasteiger partial charge on any atom is -0.493 e. The van der Waals surface area contributed by atoms with E-state index in [0.29, 0.717) is 34.2 Å². The monoisotopic (exact) mass is 497 g/mol. The number of anilines is 1. The van der Waals surface area contributed by atoms with Crippen molar-refractivity contribution in [3.8, 4) is 11.5 Å². The number of benzene rings is 2. The number of nitrogens with zero attached hydrogens (tertiary/aromatic N) is 1. The van der Waals surface area contributed by atoms with Crippen molar-refractivity contribution in [2.45, 2.75) is 31.8 Å². The van der Waals surface area contributed by atoms with Gasteiger partial charge in [0.2, 0.25) is 17.7 Å². The zero-order valence-corrected chi connectivity index (χ0v) is 20.8. The molecule has 0 aliphatic carbocycles. The van der Waals surface area contributed by atoms with E-state index in [2.05, 4.69) is 10.6 Å². The Kier molecular flexibility index (Phi) is 5.76. The van der Waals surface area contributed by atoms with Gasteiger partial charge in [0.15, 0.2) is 11.5 Å². The Morgan fingerprint density at radius 1 is 1.03 bits per heavy atom. The molecule has 2 fully saturated rings. The molecule has 3 heterocycles. The van der Waals surface area contributed by atoms with Crippen LogP contribution in [0.2, 0.25) is 5.02 Å². The quantitative estimate of drug-likeness (QED) is 0.596. The Morgan fingerprint density at radius 3 is 2.46 bits per heavy atom. The number of carbonyl (C=O) groups is 3. The molecule has 2 aromatic carbocycles. The Hall–Kier alpha value is -3.10. The average molecular weight is 498 g/mol. The maximum Gasteiger partial charge on any atom is 0.250 e. The molecule has 0 saturated carbocycles. The third kappa shape index (κ3) is 3.42. The van der Waals surface area contributed by atoms with Crippen molar-refractivity contribution in [3.63, 3.8) is 0 Å². The van der Waals surface area contributed by atoms with Crippen LogP contribution < -0.4 is 20.1 Å². The van der Waals surface area contributed by atoms with E-state index in [1.807, 2.05) is 26.0 Å². The van der Waals surface area contributed by atoms with Crippen molar-refractivity contribution in [2.75, 3.05) is 26.1 Å². The van der Waals surface area contributed by atoms with Crippen molar-refractivity contribution < 1.29 is 23.9 Å². The van der Waals surface area contributed by atoms with E-state index in [4.69, 9.17) is 21.1 Å². The number of amides is 3. The lowest BCUT2D eigenvalue weighted by Gasteiger charge is -2.30. The summed E-state index contributed by atoms with van der Waals surface area (Å²) in [6, 6.07) is 10.3. The predicted octanol–water partition coefficient (Wildman–Crippen LogP) is 2.98. The summed E-state index contributed by atoms with van der Waals surface area (Å²) >= 11 is 6.28. The number of hydrogen-bond acceptors (Lipinski definition) is 6. The number of ether oxygens (including phenoxy) is 2. The third-order valence-corrected chi connectivity index (χ3v) is 7.73. The summed E-state index contributed by atoms with van der Waals surface area (Å²) in [5.74, 6) is -1.16. The van der Waals surface area contributed by atoms with Gasteiger partial charge >= 0.3 is 0 Å². The number of hydrogen-bond donors (Lipinski definition) is 2. The molecular weight excluding hydrogens is 470 g/mol. The molecule has 0 bridgehead atoms. The number of rotatable bonds is 6. The van der Waals surface area contributed by atoms with Crippen molar-refractivity contribution in [2.24, 2.45) is 17.8 Å². The molecule has 3 aliphatic heterocycles. The Morgan fingerprint density at radius 2 is 1.77 bits per heavy atom. The number of carbonyl (C=O) groups excluding carboxylic acids is 3. The minimum atomic E-state index is -1.33. The van der Waals surface area contributed by atoms with Gasteiger partial charge in [-0.1, -0.05) is 31.5 Å². The molecule has 4 atom stereocenters. The fraction of sp³-hybridized carbons (Fsp3) is 0.423. The van der Waals surface area contributed by atoms with Gasteiger partial charge in [-0.2, -0.15) is 0 Å². The van der Waals surface area contributed by atoms with Crippen molar-refractivity contribution in [1.82, 2.24) is 10.2 Å². The first-order valence-corrected chi connectivity index (χ1v) is 12.1. The molecule has 184 valence electrons. The second kappa shape index (κ2) is 8.53. The van der Waals surface area contributed by atoms with Crippen LogP contribution in [-0.4, -0.2) is 49.4 Å². The molecule has 8 nitrogen and oxygen atoms in total. The van der Waals surface area contributed by atoms with Gasteiger partial charge in [-0.25, -0.2) is 0 Å². The van der Waals surface area contributed by atoms with E-state index in [1.165, 1.54) is 4.90 Å². The topological polar surface area (TPSA) is 97.0 Å². The smallest absolute Gasteiger partial charge is 0.250 e. The molecule has 0 radical (unpaired) electrons. The van der Waals surface area contributed by atoms with Gasteiger partial charge in [0.05, 0.1) is 26.1 Å². The van der Waals surface area contributed by atoms with E-state index in [1.54, 1.807) is 38.5 Å². The van der Waals surface area contributed by atoms with E-state index >= 15 is 0 Å². The average Bonchev–Trinajstić information content (AvgIpc) is 3.43. The second-order valence-electron chi connectivity index (χ2n) is 9.64. The first-order chi connectivity index (χ1) is 16.7. The Labute approximate surface area is 208 Å². The third-order valence-electron chi connectivity index (χ3n) is 7.49. The van der Waals surface area contributed by atoms with Gasteiger partial charge < -0.3 is 14.8 Å². The molecule has 5 rings (SSSR count). The highest BCUT2D eigenvalue weighted by molar-refractivity contribution is 6.31. The zero-order chi connectivity index (χ0) is 25.1. The molecule has 4 unspecified atom stereocenters. The molecule has 9 heteroatoms. The molecule has 1 spiro atoms. The molecule has 2 N–H and O–H groups in total. The molecule has 3 aliphatic rings. The largest absolute Gasteiger partial charge is 0.493 e. The number of likely N-dealkylation sites (tertiary alicyclic amines) is 1. The van der Waals surface area contributed by atoms with Crippen LogP contribution in [0.1, 0.15) is 25.0 Å². The van der Waals surface area contributed by atoms with Crippen LogP contribution in [0.15, 0.2) is 36.4 Å². The van der Waals surface area contributed by atoms with Crippen LogP contribution in [-0.2, 0) is 26.3 Å². The van der Waals surface area contributed by atoms with Crippen LogP contribution in [0.4, 0.5) is 5.69 Å². The number of methoxy groups -OCH3 is 2. The molecule has 2 aromatic rings. The first-order valence-electron chi connectivity index (χ1n) is 11.7. The lowest BCUT2D eigenvalue weighted by Crippen LogP contribution is -2.54. The fourth-order valence-electron chi connectivity index (χ4n) is 5.84. The number of halogens is 1. The van der Waals surface area contributed by atoms with Crippen molar-refractivity contribution in [1.29, 1.82) is 0 Å². The number of nitrogens with one attached hydrogen (secondary N) is 2. The van der Waals surface area contributed by atoms with E-state index in [-0.39, 0.29) is 36.2 Å². The second-order valence-corrected chi connectivity index (χ2v) is 10.1. The van der Waals surface area contributed by atoms with Gasteiger partial charge in [-0.05, 0) is 48.2 Å². The molecule has 3 amide bonds. The van der Waals surface area contributed by atoms with Gasteiger partial charge in [0.1, 0.15) is 5.54 Å². The van der Waals surface area contributed by atoms with Crippen LogP contribution in [0.25, 0.3) is 0 Å². The van der Waals surface area contributed by atoms with Gasteiger partial charge in [0, 0.05) is 28.9 Å². The highest BCUT2D eigenvalue weighted by Crippen LogP contribution is 2.54. The normalized spacial score (nSPS) is 27.0. The van der Waals surface area contributed by atoms with Crippen molar-refractivity contribution >= 4 is 35.0 Å². The predicted molar refractivity (Wildman–Crippen MR) is 130 cm³/mol. The summed E-state index contributed by atoms with van der Waals surface area (Å²) in [5.41, 5.74) is 0.810. The standard InChI is InChI=1S/C26H28ClN3O5/c1-13(2)22-20-21(26(29-22)16-12-15(27)6-7-17(16)28-25(26)33)24(32)30(23(20)31)10-9-14-5-8-18(34-3)19(11-14)35-4/h5-8,11-13,20-22,29H,9-10H2,1-4H3,(H,28,33). The summed E-state index contributed by atoms with van der Waals surface area (Å²) in [7, 11) is 3.13. The molecule has 35 heavy (non-hydrogen) atoms. The summed E-state index contributed by atoms with van der Waals surface area (Å²) in [6.07, 6.45) is 0.457. The van der Waals surface area contributed by atoms with Gasteiger partial charge in [0.25, 0.3) is 0 Å². The SMILES string of the molecule is COc1ccc(CCN2C(=O)C3C(C(C)C)NC4(C(=O)Nc5ccc(Cl)cc54)C3C2=O)cc1OC. The fourth-order valence-corrected chi connectivity index (χ4v) is 6.01. The number of fused-ring (bicyclic) bond motifs is 4. The summed E-state index contributed by atoms with van der Waals surface area (Å²) in [5, 5.41) is 6.77. The lowest BCUT2D eigenvalue weighted by atomic mass is 9.76. The highest BCUT2D eigenvalue weighted by atomic mass is 35.5. The molecular formula is C26H28ClN3O5. The highest BCUT2D eigenvalue weighted by Gasteiger charge is 2.70. The van der Waals surface area contributed by atoms with E-state index in [0.717, 1.165) is 5.56 Å². The van der Waals surface area contributed by atoms with Gasteiger partial charge in [-0.3, -0.25) is 24.6 Å². The van der Waals surface area contributed by atoms with E-state index < -0.39 is 17.4 Å². The molecule has 0 aromatic heterocycles. The number of imide groups is 1. The van der Waals surface area contributed by atoms with Crippen LogP contribution in [0.3, 0.4) is 0 Å². The van der Waals surface area contributed by atoms with Crippen LogP contribution in [0, 0.1) is 17.8 Å². The van der Waals surface area contributed by atoms with Crippen LogP contribution >= 0.6 is 11.6 Å². The van der Waals surface area contributed by atoms with Crippen LogP contribution in [0.5, 0.6) is 11.5 Å². The van der Waals surface area contributed by atoms with E-state index in [9.17, 15) is 14.4 Å². The zero-order valence-electron chi connectivity index (χ0n) is 20.1. The van der Waals surface area contributed by atoms with Crippen molar-refractivity contribution in [3.05, 3.63) is 52.5 Å². The van der Waals surface area contributed by atoms with Gasteiger partial charge in [-0.15, -0.1) is 0 Å². The summed E-state index contributed by atoms with van der Waals surface area (Å²) < 4.78 is 10.7. The maximum absolute atomic E-state index is 13.8. The Bertz CT molecular complexity index is 1230. The first kappa shape index (κ1) is 23.6. The molecule has 2 saturated heterocycles. The lowest BCUT2D eigenvalue weighted by molar-refractivity contribution is -0.142. The summed E-state index contributed by atoms with van der Waals surface area (Å²) in [4.78, 5) is 42.2. The maximum atomic E-state index is 13.8. The summed E-state index contributed by atoms with van der Waals surface area (Å²) in [6.45, 7) is 4.19.